The molecule has 4 nitrogen and oxygen atoms in total. The molecule has 4 rings (SSSR count). The van der Waals surface area contributed by atoms with E-state index in [0.717, 1.165) is 18.7 Å². The number of benzene rings is 2. The number of aromatic nitrogens is 1. The first kappa shape index (κ1) is 17.7. The summed E-state index contributed by atoms with van der Waals surface area (Å²) in [4.78, 5) is 18.8. The summed E-state index contributed by atoms with van der Waals surface area (Å²) in [5, 5.41) is 5.59. The lowest BCUT2D eigenvalue weighted by molar-refractivity contribution is -0.121. The number of pyridine rings is 1. The van der Waals surface area contributed by atoms with Crippen LogP contribution in [0.15, 0.2) is 67.0 Å². The number of carbonyl (C=O) groups excluding carboxylic acids is 1. The van der Waals surface area contributed by atoms with Crippen molar-refractivity contribution in [3.8, 4) is 0 Å². The SMILES string of the molecule is O=C(CCN(Cc1cccc2ccccc12)C1CC1)NCc1cccnc1. The van der Waals surface area contributed by atoms with Gasteiger partial charge >= 0.3 is 0 Å². The Morgan fingerprint density at radius 3 is 2.74 bits per heavy atom. The lowest BCUT2D eigenvalue weighted by atomic mass is 10.0. The molecule has 1 aliphatic rings. The van der Waals surface area contributed by atoms with Gasteiger partial charge in [0.15, 0.2) is 0 Å². The predicted octanol–water partition coefficient (Wildman–Crippen LogP) is 3.91. The zero-order valence-corrected chi connectivity index (χ0v) is 15.5. The molecule has 1 aromatic heterocycles. The van der Waals surface area contributed by atoms with E-state index in [-0.39, 0.29) is 5.91 Å². The summed E-state index contributed by atoms with van der Waals surface area (Å²) >= 11 is 0. The van der Waals surface area contributed by atoms with E-state index >= 15 is 0 Å². The van der Waals surface area contributed by atoms with Crippen LogP contribution in [0.4, 0.5) is 0 Å². The van der Waals surface area contributed by atoms with Crippen molar-refractivity contribution >= 4 is 16.7 Å². The second-order valence-corrected chi connectivity index (χ2v) is 7.23. The number of nitrogens with zero attached hydrogens (tertiary/aromatic N) is 2. The van der Waals surface area contributed by atoms with Crippen molar-refractivity contribution in [1.29, 1.82) is 0 Å². The summed E-state index contributed by atoms with van der Waals surface area (Å²) in [6.07, 6.45) is 6.54. The Labute approximate surface area is 160 Å². The highest BCUT2D eigenvalue weighted by molar-refractivity contribution is 5.85. The van der Waals surface area contributed by atoms with Crippen LogP contribution >= 0.6 is 0 Å². The highest BCUT2D eigenvalue weighted by Crippen LogP contribution is 2.30. The quantitative estimate of drug-likeness (QED) is 0.663. The van der Waals surface area contributed by atoms with Gasteiger partial charge in [-0.25, -0.2) is 0 Å². The number of hydrogen-bond acceptors (Lipinski definition) is 3. The van der Waals surface area contributed by atoms with Crippen LogP contribution in [0.2, 0.25) is 0 Å². The van der Waals surface area contributed by atoms with Crippen LogP contribution in [0, 0.1) is 0 Å². The van der Waals surface area contributed by atoms with Crippen molar-refractivity contribution in [2.24, 2.45) is 0 Å². The van der Waals surface area contributed by atoms with Gasteiger partial charge < -0.3 is 5.32 Å². The lowest BCUT2D eigenvalue weighted by Crippen LogP contribution is -2.32. The van der Waals surface area contributed by atoms with Gasteiger partial charge in [-0.15, -0.1) is 0 Å². The van der Waals surface area contributed by atoms with Crippen LogP contribution in [0.3, 0.4) is 0 Å². The molecule has 0 spiro atoms. The maximum atomic E-state index is 12.3. The van der Waals surface area contributed by atoms with Gasteiger partial charge in [0, 0.05) is 44.5 Å². The molecule has 1 aliphatic carbocycles. The molecule has 0 unspecified atom stereocenters. The van der Waals surface area contributed by atoms with Crippen molar-refractivity contribution in [2.75, 3.05) is 6.54 Å². The largest absolute Gasteiger partial charge is 0.352 e. The molecule has 1 amide bonds. The van der Waals surface area contributed by atoms with Gasteiger partial charge in [0.2, 0.25) is 5.91 Å². The molecule has 0 bridgehead atoms. The van der Waals surface area contributed by atoms with E-state index in [1.54, 1.807) is 12.4 Å². The fourth-order valence-electron chi connectivity index (χ4n) is 3.52. The Hall–Kier alpha value is -2.72. The summed E-state index contributed by atoms with van der Waals surface area (Å²) in [5.41, 5.74) is 2.37. The first-order valence-corrected chi connectivity index (χ1v) is 9.66. The normalized spacial score (nSPS) is 13.8. The van der Waals surface area contributed by atoms with Gasteiger partial charge in [-0.3, -0.25) is 14.7 Å². The minimum absolute atomic E-state index is 0.0995. The summed E-state index contributed by atoms with van der Waals surface area (Å²) in [5.74, 6) is 0.0995. The number of nitrogens with one attached hydrogen (secondary N) is 1. The highest BCUT2D eigenvalue weighted by atomic mass is 16.1. The molecule has 3 aromatic rings. The number of rotatable bonds is 8. The summed E-state index contributed by atoms with van der Waals surface area (Å²) < 4.78 is 0. The molecule has 0 aliphatic heterocycles. The van der Waals surface area contributed by atoms with Gasteiger partial charge in [0.25, 0.3) is 0 Å². The van der Waals surface area contributed by atoms with Crippen molar-refractivity contribution in [2.45, 2.75) is 38.4 Å². The molecule has 0 radical (unpaired) electrons. The van der Waals surface area contributed by atoms with Crippen LogP contribution in [-0.4, -0.2) is 28.4 Å². The molecular formula is C23H25N3O. The van der Waals surface area contributed by atoms with E-state index in [9.17, 15) is 4.79 Å². The Morgan fingerprint density at radius 2 is 1.93 bits per heavy atom. The number of fused-ring (bicyclic) bond motifs is 1. The van der Waals surface area contributed by atoms with Crippen LogP contribution in [0.25, 0.3) is 10.8 Å². The van der Waals surface area contributed by atoms with Crippen molar-refractivity contribution in [3.63, 3.8) is 0 Å². The van der Waals surface area contributed by atoms with Gasteiger partial charge in [-0.1, -0.05) is 48.5 Å². The first-order chi connectivity index (χ1) is 13.3. The number of carbonyl (C=O) groups is 1. The van der Waals surface area contributed by atoms with Gasteiger partial charge in [0.1, 0.15) is 0 Å². The third-order valence-electron chi connectivity index (χ3n) is 5.16. The Kier molecular flexibility index (Phi) is 5.45. The zero-order valence-electron chi connectivity index (χ0n) is 15.5. The second-order valence-electron chi connectivity index (χ2n) is 7.23. The Bertz CT molecular complexity index is 900. The topological polar surface area (TPSA) is 45.2 Å². The highest BCUT2D eigenvalue weighted by Gasteiger charge is 2.29. The Morgan fingerprint density at radius 1 is 1.07 bits per heavy atom. The van der Waals surface area contributed by atoms with E-state index in [0.29, 0.717) is 19.0 Å². The minimum atomic E-state index is 0.0995. The van der Waals surface area contributed by atoms with E-state index in [4.69, 9.17) is 0 Å². The molecule has 1 N–H and O–H groups in total. The molecule has 4 heteroatoms. The first-order valence-electron chi connectivity index (χ1n) is 9.66. The summed E-state index contributed by atoms with van der Waals surface area (Å²) in [6, 6.07) is 19.5. The third kappa shape index (κ3) is 4.72. The van der Waals surface area contributed by atoms with E-state index in [1.165, 1.54) is 29.2 Å². The van der Waals surface area contributed by atoms with E-state index < -0.39 is 0 Å². The molecule has 0 atom stereocenters. The zero-order chi connectivity index (χ0) is 18.5. The van der Waals surface area contributed by atoms with Crippen molar-refractivity contribution in [3.05, 3.63) is 78.1 Å². The second kappa shape index (κ2) is 8.31. The smallest absolute Gasteiger partial charge is 0.221 e. The minimum Gasteiger partial charge on any atom is -0.352 e. The fraction of sp³-hybridized carbons (Fsp3) is 0.304. The van der Waals surface area contributed by atoms with Crippen LogP contribution in [0.5, 0.6) is 0 Å². The van der Waals surface area contributed by atoms with Crippen molar-refractivity contribution < 1.29 is 4.79 Å². The van der Waals surface area contributed by atoms with Gasteiger partial charge in [-0.05, 0) is 40.8 Å². The Balaban J connectivity index is 1.35. The molecular weight excluding hydrogens is 334 g/mol. The average Bonchev–Trinajstić information content (AvgIpc) is 3.56. The van der Waals surface area contributed by atoms with Crippen LogP contribution in [0.1, 0.15) is 30.4 Å². The molecule has 1 saturated carbocycles. The predicted molar refractivity (Wildman–Crippen MR) is 108 cm³/mol. The maximum absolute atomic E-state index is 12.3. The molecule has 27 heavy (non-hydrogen) atoms. The monoisotopic (exact) mass is 359 g/mol. The standard InChI is InChI=1S/C23H25N3O/c27-23(25-16-18-5-4-13-24-15-18)12-14-26(21-10-11-21)17-20-8-3-7-19-6-1-2-9-22(19)20/h1-9,13,15,21H,10-12,14,16-17H2,(H,25,27). The summed E-state index contributed by atoms with van der Waals surface area (Å²) in [6.45, 7) is 2.24. The maximum Gasteiger partial charge on any atom is 0.221 e. The molecule has 138 valence electrons. The van der Waals surface area contributed by atoms with Crippen molar-refractivity contribution in [1.82, 2.24) is 15.2 Å². The molecule has 2 aromatic carbocycles. The lowest BCUT2D eigenvalue weighted by Gasteiger charge is -2.22. The number of hydrogen-bond donors (Lipinski definition) is 1. The van der Waals surface area contributed by atoms with Gasteiger partial charge in [0.05, 0.1) is 0 Å². The third-order valence-corrected chi connectivity index (χ3v) is 5.16. The molecule has 1 heterocycles. The van der Waals surface area contributed by atoms with Crippen LogP contribution in [-0.2, 0) is 17.9 Å². The van der Waals surface area contributed by atoms with E-state index in [2.05, 4.69) is 57.7 Å². The molecule has 0 saturated heterocycles. The average molecular weight is 359 g/mol. The summed E-state index contributed by atoms with van der Waals surface area (Å²) in [7, 11) is 0. The van der Waals surface area contributed by atoms with Crippen LogP contribution < -0.4 is 5.32 Å². The van der Waals surface area contributed by atoms with E-state index in [1.807, 2.05) is 12.1 Å². The molecule has 1 fully saturated rings. The fourth-order valence-corrected chi connectivity index (χ4v) is 3.52. The number of amides is 1. The van der Waals surface area contributed by atoms with Gasteiger partial charge in [-0.2, -0.15) is 0 Å².